The lowest BCUT2D eigenvalue weighted by Gasteiger charge is -2.13. The molecule has 0 unspecified atom stereocenters. The first-order valence-corrected chi connectivity index (χ1v) is 10.5. The molecule has 168 valence electrons. The van der Waals surface area contributed by atoms with Crippen LogP contribution in [-0.2, 0) is 9.59 Å². The Labute approximate surface area is 187 Å². The molecule has 0 bridgehead atoms. The minimum Gasteiger partial charge on any atom is -0.490 e. The molecular weight excluding hydrogens is 442 g/mol. The molecule has 1 saturated heterocycles. The maximum Gasteiger partial charge on any atom is 0.294 e. The Balaban J connectivity index is 1.73. The van der Waals surface area contributed by atoms with Crippen molar-refractivity contribution in [2.75, 3.05) is 25.1 Å². The van der Waals surface area contributed by atoms with Gasteiger partial charge in [0.2, 0.25) is 5.91 Å². The predicted molar refractivity (Wildman–Crippen MR) is 116 cm³/mol. The maximum atomic E-state index is 13.7. The molecule has 3 rings (SSSR count). The molecule has 2 aromatic rings. The number of nitrogens with zero attached hydrogens (tertiary/aromatic N) is 1. The van der Waals surface area contributed by atoms with Crippen molar-refractivity contribution in [3.8, 4) is 11.5 Å². The highest BCUT2D eigenvalue weighted by atomic mass is 32.2. The fourth-order valence-corrected chi connectivity index (χ4v) is 3.71. The lowest BCUT2D eigenvalue weighted by atomic mass is 10.2. The second-order valence-electron chi connectivity index (χ2n) is 6.51. The molecule has 10 heteroatoms. The van der Waals surface area contributed by atoms with Gasteiger partial charge in [-0.2, -0.15) is 0 Å². The van der Waals surface area contributed by atoms with Crippen molar-refractivity contribution in [1.29, 1.82) is 0 Å². The molecule has 1 fully saturated rings. The third-order valence-corrected chi connectivity index (χ3v) is 5.15. The molecule has 3 amide bonds. The average Bonchev–Trinajstić information content (AvgIpc) is 2.99. The summed E-state index contributed by atoms with van der Waals surface area (Å²) in [6.45, 7) is 3.95. The number of hydrogen-bond donors (Lipinski definition) is 1. The molecule has 7 nitrogen and oxygen atoms in total. The van der Waals surface area contributed by atoms with Gasteiger partial charge in [0.1, 0.15) is 18.2 Å². The van der Waals surface area contributed by atoms with Crippen LogP contribution in [0.15, 0.2) is 41.3 Å². The molecule has 0 radical (unpaired) electrons. The van der Waals surface area contributed by atoms with Crippen LogP contribution in [0.4, 0.5) is 19.3 Å². The number of benzene rings is 2. The van der Waals surface area contributed by atoms with Crippen LogP contribution in [0.25, 0.3) is 6.08 Å². The number of amides is 3. The molecule has 0 aromatic heterocycles. The van der Waals surface area contributed by atoms with E-state index in [4.69, 9.17) is 9.47 Å². The van der Waals surface area contributed by atoms with Crippen molar-refractivity contribution in [2.45, 2.75) is 13.8 Å². The van der Waals surface area contributed by atoms with Gasteiger partial charge in [-0.25, -0.2) is 8.78 Å². The van der Waals surface area contributed by atoms with Crippen LogP contribution in [0.3, 0.4) is 0 Å². The van der Waals surface area contributed by atoms with Crippen LogP contribution in [0.1, 0.15) is 19.4 Å². The first-order valence-electron chi connectivity index (χ1n) is 9.72. The highest BCUT2D eigenvalue weighted by Crippen LogP contribution is 2.34. The summed E-state index contributed by atoms with van der Waals surface area (Å²) in [5.74, 6) is -2.14. The van der Waals surface area contributed by atoms with E-state index in [1.54, 1.807) is 18.2 Å². The highest BCUT2D eigenvalue weighted by Gasteiger charge is 2.36. The van der Waals surface area contributed by atoms with Crippen molar-refractivity contribution < 1.29 is 32.6 Å². The van der Waals surface area contributed by atoms with E-state index in [9.17, 15) is 23.2 Å². The Morgan fingerprint density at radius 3 is 2.47 bits per heavy atom. The van der Waals surface area contributed by atoms with Gasteiger partial charge in [0.05, 0.1) is 23.8 Å². The number of thioether (sulfide) groups is 1. The topological polar surface area (TPSA) is 84.9 Å². The van der Waals surface area contributed by atoms with Gasteiger partial charge in [0, 0.05) is 6.07 Å². The molecule has 0 spiro atoms. The van der Waals surface area contributed by atoms with Crippen LogP contribution in [0.2, 0.25) is 0 Å². The van der Waals surface area contributed by atoms with E-state index in [2.05, 4.69) is 5.32 Å². The fraction of sp³-hybridized carbons (Fsp3) is 0.227. The first kappa shape index (κ1) is 23.3. The number of hydrogen-bond acceptors (Lipinski definition) is 6. The van der Waals surface area contributed by atoms with Crippen molar-refractivity contribution >= 4 is 40.6 Å². The number of imide groups is 1. The second kappa shape index (κ2) is 10.3. The molecular formula is C22H20F2N2O5S. The van der Waals surface area contributed by atoms with Crippen LogP contribution in [0, 0.1) is 11.6 Å². The fourth-order valence-electron chi connectivity index (χ4n) is 2.87. The van der Waals surface area contributed by atoms with Crippen molar-refractivity contribution in [2.24, 2.45) is 0 Å². The largest absolute Gasteiger partial charge is 0.490 e. The van der Waals surface area contributed by atoms with Gasteiger partial charge in [-0.3, -0.25) is 19.3 Å². The Hall–Kier alpha value is -3.40. The number of halogens is 2. The smallest absolute Gasteiger partial charge is 0.294 e. The number of rotatable bonds is 8. The quantitative estimate of drug-likeness (QED) is 0.584. The first-order chi connectivity index (χ1) is 15.3. The van der Waals surface area contributed by atoms with Crippen molar-refractivity contribution in [3.05, 3.63) is 58.5 Å². The standard InChI is InChI=1S/C22H20F2N2O5S/c1-3-30-17-8-5-13(9-18(17)31-4-2)10-19-21(28)26(22(29)32-19)12-20(27)25-16-7-6-14(23)11-15(16)24/h5-11H,3-4,12H2,1-2H3,(H,25,27). The summed E-state index contributed by atoms with van der Waals surface area (Å²) in [7, 11) is 0. The Kier molecular flexibility index (Phi) is 7.47. The van der Waals surface area contributed by atoms with Crippen LogP contribution in [-0.4, -0.2) is 41.7 Å². The lowest BCUT2D eigenvalue weighted by Crippen LogP contribution is -2.36. The summed E-state index contributed by atoms with van der Waals surface area (Å²) in [5, 5.41) is 1.59. The number of nitrogens with one attached hydrogen (secondary N) is 1. The summed E-state index contributed by atoms with van der Waals surface area (Å²) in [5.41, 5.74) is 0.358. The minimum atomic E-state index is -0.965. The van der Waals surface area contributed by atoms with E-state index in [1.807, 2.05) is 13.8 Å². The molecule has 0 atom stereocenters. The number of carbonyl (C=O) groups excluding carboxylic acids is 3. The molecule has 2 aromatic carbocycles. The van der Waals surface area contributed by atoms with E-state index >= 15 is 0 Å². The average molecular weight is 462 g/mol. The van der Waals surface area contributed by atoms with E-state index < -0.39 is 35.2 Å². The lowest BCUT2D eigenvalue weighted by molar-refractivity contribution is -0.127. The number of anilines is 1. The minimum absolute atomic E-state index is 0.127. The van der Waals surface area contributed by atoms with E-state index in [-0.39, 0.29) is 10.6 Å². The monoisotopic (exact) mass is 462 g/mol. The van der Waals surface area contributed by atoms with Gasteiger partial charge in [0.25, 0.3) is 11.1 Å². The molecule has 0 saturated carbocycles. The van der Waals surface area contributed by atoms with Gasteiger partial charge >= 0.3 is 0 Å². The summed E-state index contributed by atoms with van der Waals surface area (Å²) in [6, 6.07) is 7.76. The van der Waals surface area contributed by atoms with Crippen LogP contribution >= 0.6 is 11.8 Å². The van der Waals surface area contributed by atoms with Crippen molar-refractivity contribution in [1.82, 2.24) is 4.90 Å². The zero-order chi connectivity index (χ0) is 23.3. The second-order valence-corrected chi connectivity index (χ2v) is 7.51. The van der Waals surface area contributed by atoms with Gasteiger partial charge in [-0.15, -0.1) is 0 Å². The van der Waals surface area contributed by atoms with Gasteiger partial charge in [-0.05, 0) is 61.5 Å². The molecule has 0 aliphatic carbocycles. The number of carbonyl (C=O) groups is 3. The van der Waals surface area contributed by atoms with Gasteiger partial charge in [-0.1, -0.05) is 6.07 Å². The SMILES string of the molecule is CCOc1ccc(C=C2SC(=O)N(CC(=O)Nc3ccc(F)cc3F)C2=O)cc1OCC. The number of ether oxygens (including phenoxy) is 2. The predicted octanol–water partition coefficient (Wildman–Crippen LogP) is 4.44. The summed E-state index contributed by atoms with van der Waals surface area (Å²) >= 11 is 0.687. The molecule has 32 heavy (non-hydrogen) atoms. The molecule has 1 N–H and O–H groups in total. The molecule has 1 aliphatic heterocycles. The zero-order valence-corrected chi connectivity index (χ0v) is 18.1. The summed E-state index contributed by atoms with van der Waals surface area (Å²) in [4.78, 5) is 38.0. The summed E-state index contributed by atoms with van der Waals surface area (Å²) < 4.78 is 37.8. The van der Waals surface area contributed by atoms with Gasteiger partial charge in [0.15, 0.2) is 11.5 Å². The zero-order valence-electron chi connectivity index (χ0n) is 17.3. The van der Waals surface area contributed by atoms with E-state index in [1.165, 1.54) is 6.08 Å². The van der Waals surface area contributed by atoms with E-state index in [0.29, 0.717) is 48.1 Å². The normalized spacial score (nSPS) is 14.8. The highest BCUT2D eigenvalue weighted by molar-refractivity contribution is 8.18. The van der Waals surface area contributed by atoms with Crippen LogP contribution in [0.5, 0.6) is 11.5 Å². The van der Waals surface area contributed by atoms with E-state index in [0.717, 1.165) is 17.0 Å². The van der Waals surface area contributed by atoms with Crippen LogP contribution < -0.4 is 14.8 Å². The molecule has 1 heterocycles. The maximum absolute atomic E-state index is 13.7. The Morgan fingerprint density at radius 2 is 1.78 bits per heavy atom. The Bertz CT molecular complexity index is 1090. The Morgan fingerprint density at radius 1 is 1.06 bits per heavy atom. The van der Waals surface area contributed by atoms with Gasteiger partial charge < -0.3 is 14.8 Å². The summed E-state index contributed by atoms with van der Waals surface area (Å²) in [6.07, 6.45) is 1.51. The molecule has 1 aliphatic rings. The van der Waals surface area contributed by atoms with Crippen molar-refractivity contribution in [3.63, 3.8) is 0 Å². The third-order valence-electron chi connectivity index (χ3n) is 4.25. The third kappa shape index (κ3) is 5.44.